The number of nitriles is 1. The van der Waals surface area contributed by atoms with Gasteiger partial charge in [0.05, 0.1) is 22.6 Å². The highest BCUT2D eigenvalue weighted by atomic mass is 16.6. The Balaban J connectivity index is 2.34. The summed E-state index contributed by atoms with van der Waals surface area (Å²) in [6.07, 6.45) is 0. The van der Waals surface area contributed by atoms with E-state index < -0.39 is 4.92 Å². The molecular weight excluding hydrogens is 244 g/mol. The van der Waals surface area contributed by atoms with Crippen LogP contribution in [0.4, 0.5) is 5.69 Å². The molecule has 94 valence electrons. The lowest BCUT2D eigenvalue weighted by molar-refractivity contribution is -0.384. The van der Waals surface area contributed by atoms with E-state index in [9.17, 15) is 10.1 Å². The molecule has 0 atom stereocenters. The molecule has 0 spiro atoms. The zero-order chi connectivity index (χ0) is 13.8. The Labute approximate surface area is 109 Å². The van der Waals surface area contributed by atoms with Gasteiger partial charge >= 0.3 is 0 Å². The average Bonchev–Trinajstić information content (AvgIpc) is 2.41. The van der Waals surface area contributed by atoms with Crippen LogP contribution in [0.15, 0.2) is 42.5 Å². The highest BCUT2D eigenvalue weighted by molar-refractivity contribution is 5.46. The molecule has 0 radical (unpaired) electrons. The Morgan fingerprint density at radius 1 is 1.26 bits per heavy atom. The van der Waals surface area contributed by atoms with Gasteiger partial charge in [0.1, 0.15) is 11.5 Å². The second kappa shape index (κ2) is 5.19. The largest absolute Gasteiger partial charge is 0.457 e. The molecule has 2 rings (SSSR count). The maximum atomic E-state index is 10.7. The van der Waals surface area contributed by atoms with Crippen molar-refractivity contribution in [1.82, 2.24) is 0 Å². The zero-order valence-electron chi connectivity index (χ0n) is 10.2. The molecule has 0 saturated carbocycles. The molecule has 0 aromatic heterocycles. The van der Waals surface area contributed by atoms with E-state index in [1.807, 2.05) is 6.07 Å². The van der Waals surface area contributed by atoms with E-state index in [0.29, 0.717) is 17.1 Å². The number of hydrogen-bond donors (Lipinski definition) is 0. The van der Waals surface area contributed by atoms with Gasteiger partial charge in [-0.25, -0.2) is 0 Å². The smallest absolute Gasteiger partial charge is 0.273 e. The molecule has 0 N–H and O–H groups in total. The van der Waals surface area contributed by atoms with Crippen LogP contribution in [0.2, 0.25) is 0 Å². The van der Waals surface area contributed by atoms with Crippen LogP contribution in [0.25, 0.3) is 0 Å². The summed E-state index contributed by atoms with van der Waals surface area (Å²) >= 11 is 0. The summed E-state index contributed by atoms with van der Waals surface area (Å²) in [6, 6.07) is 13.1. The predicted octanol–water partition coefficient (Wildman–Crippen LogP) is 3.57. The molecule has 0 amide bonds. The molecule has 0 aliphatic heterocycles. The van der Waals surface area contributed by atoms with Crippen LogP contribution in [-0.2, 0) is 0 Å². The van der Waals surface area contributed by atoms with Crippen LogP contribution in [0.5, 0.6) is 11.5 Å². The van der Waals surface area contributed by atoms with Gasteiger partial charge in [-0.05, 0) is 36.8 Å². The zero-order valence-corrected chi connectivity index (χ0v) is 10.2. The highest BCUT2D eigenvalue weighted by Gasteiger charge is 2.10. The summed E-state index contributed by atoms with van der Waals surface area (Å²) in [5.74, 6) is 0.881. The number of nitro groups is 1. The lowest BCUT2D eigenvalue weighted by Crippen LogP contribution is -1.92. The SMILES string of the molecule is Cc1ccc([N+](=O)[O-])cc1Oc1cccc(C#N)c1. The molecule has 0 aliphatic rings. The van der Waals surface area contributed by atoms with Gasteiger partial charge in [0.25, 0.3) is 5.69 Å². The van der Waals surface area contributed by atoms with Gasteiger partial charge in [-0.15, -0.1) is 0 Å². The van der Waals surface area contributed by atoms with Crippen LogP contribution in [0, 0.1) is 28.4 Å². The molecule has 0 fully saturated rings. The van der Waals surface area contributed by atoms with E-state index in [1.165, 1.54) is 12.1 Å². The molecule has 0 saturated heterocycles. The van der Waals surface area contributed by atoms with Crippen molar-refractivity contribution in [3.8, 4) is 17.6 Å². The van der Waals surface area contributed by atoms with Gasteiger partial charge in [0.15, 0.2) is 0 Å². The van der Waals surface area contributed by atoms with Crippen LogP contribution in [0.3, 0.4) is 0 Å². The average molecular weight is 254 g/mol. The van der Waals surface area contributed by atoms with Gasteiger partial charge in [0.2, 0.25) is 0 Å². The topological polar surface area (TPSA) is 76.2 Å². The van der Waals surface area contributed by atoms with Gasteiger partial charge < -0.3 is 4.74 Å². The molecular formula is C14H10N2O3. The first-order chi connectivity index (χ1) is 9.10. The number of nitro benzene ring substituents is 1. The molecule has 19 heavy (non-hydrogen) atoms. The predicted molar refractivity (Wildman–Crippen MR) is 69.1 cm³/mol. The normalized spacial score (nSPS) is 9.68. The number of non-ortho nitro benzene ring substituents is 1. The van der Waals surface area contributed by atoms with Crippen molar-refractivity contribution >= 4 is 5.69 Å². The first-order valence-electron chi connectivity index (χ1n) is 5.53. The Bertz CT molecular complexity index is 675. The summed E-state index contributed by atoms with van der Waals surface area (Å²) in [4.78, 5) is 10.3. The third-order valence-corrected chi connectivity index (χ3v) is 2.57. The Morgan fingerprint density at radius 3 is 2.74 bits per heavy atom. The summed E-state index contributed by atoms with van der Waals surface area (Å²) < 4.78 is 5.59. The summed E-state index contributed by atoms with van der Waals surface area (Å²) in [5.41, 5.74) is 1.23. The third-order valence-electron chi connectivity index (χ3n) is 2.57. The molecule has 0 aliphatic carbocycles. The Hall–Kier alpha value is -2.87. The molecule has 5 heteroatoms. The second-order valence-corrected chi connectivity index (χ2v) is 3.95. The second-order valence-electron chi connectivity index (χ2n) is 3.95. The molecule has 2 aromatic rings. The van der Waals surface area contributed by atoms with Gasteiger partial charge in [-0.2, -0.15) is 5.26 Å². The number of benzene rings is 2. The van der Waals surface area contributed by atoms with Crippen molar-refractivity contribution in [2.75, 3.05) is 0 Å². The molecule has 5 nitrogen and oxygen atoms in total. The number of ether oxygens (including phenoxy) is 1. The van der Waals surface area contributed by atoms with Crippen LogP contribution in [-0.4, -0.2) is 4.92 Å². The summed E-state index contributed by atoms with van der Waals surface area (Å²) in [5, 5.41) is 19.5. The maximum absolute atomic E-state index is 10.7. The number of rotatable bonds is 3. The van der Waals surface area contributed by atoms with E-state index in [2.05, 4.69) is 0 Å². The van der Waals surface area contributed by atoms with E-state index in [4.69, 9.17) is 10.00 Å². The van der Waals surface area contributed by atoms with E-state index in [1.54, 1.807) is 37.3 Å². The third kappa shape index (κ3) is 2.87. The summed E-state index contributed by atoms with van der Waals surface area (Å²) in [7, 11) is 0. The Morgan fingerprint density at radius 2 is 2.05 bits per heavy atom. The summed E-state index contributed by atoms with van der Waals surface area (Å²) in [6.45, 7) is 1.80. The first kappa shape index (κ1) is 12.6. The number of hydrogen-bond acceptors (Lipinski definition) is 4. The van der Waals surface area contributed by atoms with Crippen molar-refractivity contribution in [3.05, 3.63) is 63.7 Å². The number of aryl methyl sites for hydroxylation is 1. The minimum atomic E-state index is -0.474. The molecule has 0 heterocycles. The van der Waals surface area contributed by atoms with E-state index in [-0.39, 0.29) is 5.69 Å². The fourth-order valence-electron chi connectivity index (χ4n) is 1.57. The number of nitrogens with zero attached hydrogens (tertiary/aromatic N) is 2. The van der Waals surface area contributed by atoms with Crippen molar-refractivity contribution in [3.63, 3.8) is 0 Å². The van der Waals surface area contributed by atoms with Gasteiger partial charge in [-0.1, -0.05) is 6.07 Å². The molecule has 0 bridgehead atoms. The minimum absolute atomic E-state index is 0.0305. The lowest BCUT2D eigenvalue weighted by atomic mass is 10.2. The highest BCUT2D eigenvalue weighted by Crippen LogP contribution is 2.29. The van der Waals surface area contributed by atoms with E-state index in [0.717, 1.165) is 5.56 Å². The monoisotopic (exact) mass is 254 g/mol. The maximum Gasteiger partial charge on any atom is 0.273 e. The van der Waals surface area contributed by atoms with Crippen LogP contribution in [0.1, 0.15) is 11.1 Å². The van der Waals surface area contributed by atoms with Crippen LogP contribution >= 0.6 is 0 Å². The van der Waals surface area contributed by atoms with Crippen molar-refractivity contribution in [1.29, 1.82) is 5.26 Å². The lowest BCUT2D eigenvalue weighted by Gasteiger charge is -2.08. The van der Waals surface area contributed by atoms with Gasteiger partial charge in [0, 0.05) is 6.07 Å². The fourth-order valence-corrected chi connectivity index (χ4v) is 1.57. The van der Waals surface area contributed by atoms with E-state index >= 15 is 0 Å². The molecule has 0 unspecified atom stereocenters. The minimum Gasteiger partial charge on any atom is -0.457 e. The standard InChI is InChI=1S/C14H10N2O3/c1-10-5-6-12(16(17)18)8-14(10)19-13-4-2-3-11(7-13)9-15/h2-8H,1H3. The fraction of sp³-hybridized carbons (Fsp3) is 0.0714. The van der Waals surface area contributed by atoms with Gasteiger partial charge in [-0.3, -0.25) is 10.1 Å². The van der Waals surface area contributed by atoms with Crippen molar-refractivity contribution in [2.24, 2.45) is 0 Å². The van der Waals surface area contributed by atoms with Crippen molar-refractivity contribution in [2.45, 2.75) is 6.92 Å². The van der Waals surface area contributed by atoms with Crippen molar-refractivity contribution < 1.29 is 9.66 Å². The Kier molecular flexibility index (Phi) is 3.44. The molecule has 2 aromatic carbocycles. The van der Waals surface area contributed by atoms with Crippen LogP contribution < -0.4 is 4.74 Å². The quantitative estimate of drug-likeness (QED) is 0.619. The first-order valence-corrected chi connectivity index (χ1v) is 5.53.